The quantitative estimate of drug-likeness (QED) is 0.0495. The Labute approximate surface area is 393 Å². The highest BCUT2D eigenvalue weighted by molar-refractivity contribution is 6.30. The van der Waals surface area contributed by atoms with Crippen LogP contribution in [-0.4, -0.2) is 114 Å². The number of carbonyl (C=O) groups is 2. The molecule has 15 heteroatoms. The fraction of sp³-hybridized carbons (Fsp3) is 0.451. The van der Waals surface area contributed by atoms with Crippen LogP contribution in [-0.2, 0) is 27.3 Å². The van der Waals surface area contributed by atoms with E-state index in [1.807, 2.05) is 36.2 Å². The minimum Gasteiger partial charge on any atom is -0.393 e. The molecule has 4 heterocycles. The molecule has 3 aromatic carbocycles. The summed E-state index contributed by atoms with van der Waals surface area (Å²) in [4.78, 5) is 45.6. The van der Waals surface area contributed by atoms with Crippen LogP contribution in [0.2, 0.25) is 5.02 Å². The van der Waals surface area contributed by atoms with Gasteiger partial charge in [0, 0.05) is 101 Å². The lowest BCUT2D eigenvalue weighted by Gasteiger charge is -2.34. The lowest BCUT2D eigenvalue weighted by molar-refractivity contribution is -0.134. The lowest BCUT2D eigenvalue weighted by atomic mass is 9.98. The summed E-state index contributed by atoms with van der Waals surface area (Å²) < 4.78 is 19.8. The Hall–Kier alpha value is -5.38. The number of hydrogen-bond donors (Lipinski definition) is 4. The van der Waals surface area contributed by atoms with Gasteiger partial charge in [-0.05, 0) is 105 Å². The number of aliphatic hydroxyl groups is 1. The predicted molar refractivity (Wildman–Crippen MR) is 263 cm³/mol. The second kappa shape index (κ2) is 23.9. The molecule has 1 atom stereocenters. The highest BCUT2D eigenvalue weighted by Crippen LogP contribution is 2.34. The molecular weight excluding hydrogens is 857 g/mol. The van der Waals surface area contributed by atoms with Gasteiger partial charge in [0.05, 0.1) is 17.5 Å². The number of anilines is 4. The van der Waals surface area contributed by atoms with Crippen LogP contribution in [0.5, 0.6) is 0 Å². The number of aromatic amines is 1. The van der Waals surface area contributed by atoms with E-state index < -0.39 is 11.9 Å². The van der Waals surface area contributed by atoms with Gasteiger partial charge in [-0.1, -0.05) is 67.8 Å². The Morgan fingerprint density at radius 1 is 0.924 bits per heavy atom. The number of nitrogens with zero attached hydrogens (tertiary/aromatic N) is 6. The SMILES string of the molecule is C=CN(c1ccc(CCCOCCCCN2CCN(Cc3ccc(-c4c[nH]c5nc(Nc6cc(F)cc(Cl)c6)ncc45)cc3)CC2)cc1N(C)C)C1CCC(=O)NC1=O.OC1CCCCC1. The number of carbonyl (C=O) groups excluding carboxylic acids is 2. The van der Waals surface area contributed by atoms with E-state index in [4.69, 9.17) is 21.4 Å². The molecule has 2 amide bonds. The molecule has 2 saturated heterocycles. The highest BCUT2D eigenvalue weighted by atomic mass is 35.5. The molecular formula is C51H65ClFN9O4. The molecule has 3 fully saturated rings. The van der Waals surface area contributed by atoms with Gasteiger partial charge in [0.1, 0.15) is 17.5 Å². The summed E-state index contributed by atoms with van der Waals surface area (Å²) in [6.07, 6.45) is 16.1. The molecule has 8 rings (SSSR count). The van der Waals surface area contributed by atoms with E-state index in [2.05, 4.69) is 78.4 Å². The van der Waals surface area contributed by atoms with E-state index in [1.54, 1.807) is 18.5 Å². The number of aliphatic hydroxyl groups excluding tert-OH is 1. The van der Waals surface area contributed by atoms with Gasteiger partial charge in [-0.3, -0.25) is 19.8 Å². The molecule has 2 aliphatic heterocycles. The van der Waals surface area contributed by atoms with E-state index in [0.717, 1.165) is 119 Å². The van der Waals surface area contributed by atoms with Crippen molar-refractivity contribution in [2.45, 2.75) is 89.3 Å². The van der Waals surface area contributed by atoms with Gasteiger partial charge in [0.25, 0.3) is 0 Å². The van der Waals surface area contributed by atoms with Gasteiger partial charge >= 0.3 is 0 Å². The maximum Gasteiger partial charge on any atom is 0.249 e. The fourth-order valence-electron chi connectivity index (χ4n) is 8.92. The molecule has 4 N–H and O–H groups in total. The number of rotatable bonds is 18. The summed E-state index contributed by atoms with van der Waals surface area (Å²) in [5.41, 5.74) is 7.69. The number of aromatic nitrogens is 3. The molecule has 66 heavy (non-hydrogen) atoms. The van der Waals surface area contributed by atoms with Crippen LogP contribution in [0.4, 0.5) is 27.4 Å². The van der Waals surface area contributed by atoms with Crippen molar-refractivity contribution in [3.8, 4) is 11.1 Å². The number of piperidine rings is 1. The van der Waals surface area contributed by atoms with Crippen molar-refractivity contribution in [2.75, 3.05) is 75.1 Å². The van der Waals surface area contributed by atoms with Crippen molar-refractivity contribution < 1.29 is 23.8 Å². The van der Waals surface area contributed by atoms with Crippen LogP contribution >= 0.6 is 11.6 Å². The predicted octanol–water partition coefficient (Wildman–Crippen LogP) is 8.84. The molecule has 3 aliphatic rings. The maximum absolute atomic E-state index is 13.8. The largest absolute Gasteiger partial charge is 0.393 e. The number of benzene rings is 3. The lowest BCUT2D eigenvalue weighted by Crippen LogP contribution is -2.51. The van der Waals surface area contributed by atoms with Crippen molar-refractivity contribution in [1.29, 1.82) is 0 Å². The van der Waals surface area contributed by atoms with Gasteiger partial charge in [-0.15, -0.1) is 0 Å². The number of halogens is 2. The van der Waals surface area contributed by atoms with E-state index in [0.29, 0.717) is 35.1 Å². The third-order valence-electron chi connectivity index (χ3n) is 12.6. The average Bonchev–Trinajstić information content (AvgIpc) is 3.72. The third-order valence-corrected chi connectivity index (χ3v) is 12.8. The smallest absolute Gasteiger partial charge is 0.249 e. The summed E-state index contributed by atoms with van der Waals surface area (Å²) in [6.45, 7) is 11.7. The topological polar surface area (TPSA) is 142 Å². The van der Waals surface area contributed by atoms with Gasteiger partial charge in [-0.2, -0.15) is 4.98 Å². The molecule has 0 bridgehead atoms. The first-order valence-corrected chi connectivity index (χ1v) is 23.8. The van der Waals surface area contributed by atoms with Crippen molar-refractivity contribution in [1.82, 2.24) is 30.1 Å². The van der Waals surface area contributed by atoms with Crippen LogP contribution in [0, 0.1) is 5.82 Å². The zero-order chi connectivity index (χ0) is 46.4. The first-order valence-electron chi connectivity index (χ1n) is 23.4. The summed E-state index contributed by atoms with van der Waals surface area (Å²) in [5, 5.41) is 15.6. The number of fused-ring (bicyclic) bond motifs is 1. The number of amides is 2. The van der Waals surface area contributed by atoms with Crippen LogP contribution < -0.4 is 20.4 Å². The molecule has 1 unspecified atom stereocenters. The highest BCUT2D eigenvalue weighted by Gasteiger charge is 2.32. The van der Waals surface area contributed by atoms with Crippen molar-refractivity contribution in [2.24, 2.45) is 0 Å². The van der Waals surface area contributed by atoms with Crippen LogP contribution in [0.15, 0.2) is 85.8 Å². The number of piperazine rings is 1. The zero-order valence-electron chi connectivity index (χ0n) is 38.4. The molecule has 0 spiro atoms. The first-order chi connectivity index (χ1) is 32.0. The third kappa shape index (κ3) is 13.6. The molecule has 352 valence electrons. The normalized spacial score (nSPS) is 17.3. The Morgan fingerprint density at radius 2 is 1.67 bits per heavy atom. The Morgan fingerprint density at radius 3 is 2.36 bits per heavy atom. The van der Waals surface area contributed by atoms with E-state index >= 15 is 0 Å². The number of aryl methyl sites for hydroxylation is 1. The minimum atomic E-state index is -0.460. The van der Waals surface area contributed by atoms with Crippen molar-refractivity contribution in [3.05, 3.63) is 108 Å². The molecule has 5 aromatic rings. The van der Waals surface area contributed by atoms with Crippen molar-refractivity contribution >= 4 is 57.5 Å². The molecule has 1 saturated carbocycles. The molecule has 2 aromatic heterocycles. The van der Waals surface area contributed by atoms with Gasteiger partial charge < -0.3 is 34.8 Å². The first kappa shape index (κ1) is 48.6. The van der Waals surface area contributed by atoms with Crippen molar-refractivity contribution in [3.63, 3.8) is 0 Å². The number of unbranched alkanes of at least 4 members (excludes halogenated alkanes) is 1. The molecule has 0 radical (unpaired) electrons. The molecule has 13 nitrogen and oxygen atoms in total. The summed E-state index contributed by atoms with van der Waals surface area (Å²) in [6, 6.07) is 18.8. The summed E-state index contributed by atoms with van der Waals surface area (Å²) >= 11 is 5.99. The second-order valence-electron chi connectivity index (χ2n) is 17.7. The maximum atomic E-state index is 13.8. The average molecular weight is 923 g/mol. The zero-order valence-corrected chi connectivity index (χ0v) is 39.2. The monoisotopic (exact) mass is 921 g/mol. The van der Waals surface area contributed by atoms with Gasteiger partial charge in [0.2, 0.25) is 17.8 Å². The summed E-state index contributed by atoms with van der Waals surface area (Å²) in [7, 11) is 3.99. The minimum absolute atomic E-state index is 0.0359. The fourth-order valence-corrected chi connectivity index (χ4v) is 9.15. The Bertz CT molecular complexity index is 2360. The van der Waals surface area contributed by atoms with Crippen LogP contribution in [0.1, 0.15) is 75.3 Å². The van der Waals surface area contributed by atoms with Gasteiger partial charge in [-0.25, -0.2) is 9.37 Å². The van der Waals surface area contributed by atoms with Crippen LogP contribution in [0.25, 0.3) is 22.2 Å². The Kier molecular flexibility index (Phi) is 17.6. The van der Waals surface area contributed by atoms with E-state index in [9.17, 15) is 14.0 Å². The van der Waals surface area contributed by atoms with Gasteiger partial charge in [0.15, 0.2) is 0 Å². The number of imide groups is 1. The number of H-pyrrole nitrogens is 1. The number of nitrogens with one attached hydrogen (secondary N) is 3. The van der Waals surface area contributed by atoms with E-state index in [1.165, 1.54) is 42.5 Å². The Balaban J connectivity index is 0.000000846. The standard InChI is InChI=1S/C45H53ClFN9O3.C6H12O/c1-4-56(40-15-16-42(57)51-44(40)58)39-14-11-31(24-41(39)53(2)3)8-7-23-59-22-6-5-17-54-18-20-55(21-19-54)30-32-9-12-33(13-10-32)37-28-48-43-38(37)29-49-45(52-43)50-36-26-34(46)25-35(47)27-36;7-6-4-2-1-3-5-6/h4,9-14,24-29,40H,1,5-8,15-23,30H2,2-3H3,(H,51,57,58)(H2,48,49,50,52);6-7H,1-5H2. The molecule has 1 aliphatic carbocycles. The van der Waals surface area contributed by atoms with E-state index in [-0.39, 0.29) is 17.9 Å². The number of hydrogen-bond acceptors (Lipinski definition) is 11. The van der Waals surface area contributed by atoms with Crippen LogP contribution in [0.3, 0.4) is 0 Å². The number of ether oxygens (including phenoxy) is 1. The summed E-state index contributed by atoms with van der Waals surface area (Å²) in [5.74, 6) is -0.588. The second-order valence-corrected chi connectivity index (χ2v) is 18.2.